The van der Waals surface area contributed by atoms with Crippen molar-refractivity contribution in [1.82, 2.24) is 20.4 Å². The number of carbonyl (C=O) groups is 2. The van der Waals surface area contributed by atoms with Crippen molar-refractivity contribution >= 4 is 11.8 Å². The maximum Gasteiger partial charge on any atom is 0.251 e. The molecular formula is C23H24N4O4. The van der Waals surface area contributed by atoms with Gasteiger partial charge in [0.25, 0.3) is 5.91 Å². The molecular weight excluding hydrogens is 396 g/mol. The number of nitrogens with zero attached hydrogens (tertiary/aromatic N) is 3. The predicted molar refractivity (Wildman–Crippen MR) is 112 cm³/mol. The van der Waals surface area contributed by atoms with Crippen molar-refractivity contribution in [3.8, 4) is 5.75 Å². The lowest BCUT2D eigenvalue weighted by Crippen LogP contribution is -2.24. The number of nitrogens with one attached hydrogen (secondary N) is 1. The summed E-state index contributed by atoms with van der Waals surface area (Å²) in [5.41, 5.74) is 1.57. The highest BCUT2D eigenvalue weighted by molar-refractivity contribution is 5.93. The summed E-state index contributed by atoms with van der Waals surface area (Å²) in [5.74, 6) is 1.30. The van der Waals surface area contributed by atoms with Gasteiger partial charge in [-0.1, -0.05) is 35.5 Å². The zero-order valence-corrected chi connectivity index (χ0v) is 17.3. The van der Waals surface area contributed by atoms with Crippen molar-refractivity contribution in [3.63, 3.8) is 0 Å². The standard InChI is InChI=1S/C23H24N4O4/c1-2-30-19-10-6-7-16(11-19)14-27-15-18(12-21(27)28)22-25-20(31-26-22)13-24-23(29)17-8-4-3-5-9-17/h3-11,18H,2,12-15H2,1H3,(H,24,29). The van der Waals surface area contributed by atoms with Crippen molar-refractivity contribution < 1.29 is 18.8 Å². The van der Waals surface area contributed by atoms with E-state index >= 15 is 0 Å². The summed E-state index contributed by atoms with van der Waals surface area (Å²) in [6, 6.07) is 16.7. The van der Waals surface area contributed by atoms with E-state index in [2.05, 4.69) is 15.5 Å². The molecule has 1 unspecified atom stereocenters. The third kappa shape index (κ3) is 5.09. The summed E-state index contributed by atoms with van der Waals surface area (Å²) in [5, 5.41) is 6.79. The first-order valence-corrected chi connectivity index (χ1v) is 10.3. The largest absolute Gasteiger partial charge is 0.494 e. The number of hydrogen-bond acceptors (Lipinski definition) is 6. The van der Waals surface area contributed by atoms with Crippen LogP contribution in [0.5, 0.6) is 5.75 Å². The fraction of sp³-hybridized carbons (Fsp3) is 0.304. The summed E-state index contributed by atoms with van der Waals surface area (Å²) >= 11 is 0. The number of carbonyl (C=O) groups excluding carboxylic acids is 2. The van der Waals surface area contributed by atoms with Crippen molar-refractivity contribution in [2.45, 2.75) is 32.4 Å². The van der Waals surface area contributed by atoms with Crippen LogP contribution in [-0.4, -0.2) is 40.0 Å². The monoisotopic (exact) mass is 420 g/mol. The normalized spacial score (nSPS) is 15.8. The highest BCUT2D eigenvalue weighted by atomic mass is 16.5. The summed E-state index contributed by atoms with van der Waals surface area (Å²) in [6.45, 7) is 3.70. The highest BCUT2D eigenvalue weighted by Gasteiger charge is 2.33. The quantitative estimate of drug-likeness (QED) is 0.602. The molecule has 3 aromatic rings. The molecule has 4 rings (SSSR count). The summed E-state index contributed by atoms with van der Waals surface area (Å²) < 4.78 is 10.8. The summed E-state index contributed by atoms with van der Waals surface area (Å²) in [7, 11) is 0. The van der Waals surface area contributed by atoms with E-state index in [1.165, 1.54) is 0 Å². The van der Waals surface area contributed by atoms with Crippen molar-refractivity contribution in [1.29, 1.82) is 0 Å². The average molecular weight is 420 g/mol. The third-order valence-corrected chi connectivity index (χ3v) is 5.08. The molecule has 8 nitrogen and oxygen atoms in total. The van der Waals surface area contributed by atoms with Gasteiger partial charge in [-0.05, 0) is 36.8 Å². The van der Waals surface area contributed by atoms with E-state index < -0.39 is 0 Å². The van der Waals surface area contributed by atoms with E-state index in [1.54, 1.807) is 29.2 Å². The maximum atomic E-state index is 12.5. The Morgan fingerprint density at radius 2 is 2.06 bits per heavy atom. The van der Waals surface area contributed by atoms with Crippen molar-refractivity contribution in [3.05, 3.63) is 77.4 Å². The topological polar surface area (TPSA) is 97.6 Å². The van der Waals surface area contributed by atoms with Gasteiger partial charge in [0.2, 0.25) is 11.8 Å². The van der Waals surface area contributed by atoms with Crippen LogP contribution < -0.4 is 10.1 Å². The fourth-order valence-corrected chi connectivity index (χ4v) is 3.57. The minimum atomic E-state index is -0.211. The second-order valence-corrected chi connectivity index (χ2v) is 7.35. The molecule has 1 aliphatic heterocycles. The number of ether oxygens (including phenoxy) is 1. The molecule has 0 spiro atoms. The van der Waals surface area contributed by atoms with Crippen molar-refractivity contribution in [2.75, 3.05) is 13.2 Å². The van der Waals surface area contributed by atoms with Crippen LogP contribution in [0.25, 0.3) is 0 Å². The Morgan fingerprint density at radius 3 is 2.87 bits per heavy atom. The van der Waals surface area contributed by atoms with Gasteiger partial charge in [-0.25, -0.2) is 0 Å². The zero-order valence-electron chi connectivity index (χ0n) is 17.3. The van der Waals surface area contributed by atoms with E-state index in [9.17, 15) is 9.59 Å². The molecule has 0 bridgehead atoms. The lowest BCUT2D eigenvalue weighted by molar-refractivity contribution is -0.128. The van der Waals surface area contributed by atoms with E-state index in [-0.39, 0.29) is 24.3 Å². The number of likely N-dealkylation sites (tertiary alicyclic amines) is 1. The Hall–Kier alpha value is -3.68. The third-order valence-electron chi connectivity index (χ3n) is 5.08. The Morgan fingerprint density at radius 1 is 1.23 bits per heavy atom. The molecule has 0 aliphatic carbocycles. The van der Waals surface area contributed by atoms with Crippen LogP contribution in [0.3, 0.4) is 0 Å². The first-order valence-electron chi connectivity index (χ1n) is 10.3. The maximum absolute atomic E-state index is 12.5. The number of benzene rings is 2. The van der Waals surface area contributed by atoms with Crippen LogP contribution in [0.1, 0.15) is 46.9 Å². The Labute approximate surface area is 180 Å². The number of amides is 2. The SMILES string of the molecule is CCOc1cccc(CN2CC(c3noc(CNC(=O)c4ccccc4)n3)CC2=O)c1. The van der Waals surface area contributed by atoms with Gasteiger partial charge in [0.1, 0.15) is 5.75 Å². The summed E-state index contributed by atoms with van der Waals surface area (Å²) in [6.07, 6.45) is 0.334. The minimum absolute atomic E-state index is 0.0514. The van der Waals surface area contributed by atoms with Crippen LogP contribution in [0.4, 0.5) is 0 Å². The molecule has 1 fully saturated rings. The number of hydrogen-bond donors (Lipinski definition) is 1. The first-order chi connectivity index (χ1) is 15.1. The van der Waals surface area contributed by atoms with Crippen molar-refractivity contribution in [2.24, 2.45) is 0 Å². The molecule has 2 aromatic carbocycles. The second-order valence-electron chi connectivity index (χ2n) is 7.35. The number of rotatable bonds is 8. The number of aromatic nitrogens is 2. The fourth-order valence-electron chi connectivity index (χ4n) is 3.57. The average Bonchev–Trinajstić information content (AvgIpc) is 3.40. The zero-order chi connectivity index (χ0) is 21.6. The Balaban J connectivity index is 1.33. The van der Waals surface area contributed by atoms with Crippen LogP contribution in [0, 0.1) is 0 Å². The second kappa shape index (κ2) is 9.42. The minimum Gasteiger partial charge on any atom is -0.494 e. The van der Waals surface area contributed by atoms with Gasteiger partial charge in [-0.15, -0.1) is 0 Å². The molecule has 0 radical (unpaired) electrons. The molecule has 2 amide bonds. The van der Waals surface area contributed by atoms with E-state index in [0.29, 0.717) is 43.4 Å². The summed E-state index contributed by atoms with van der Waals surface area (Å²) in [4.78, 5) is 30.8. The molecule has 2 heterocycles. The van der Waals surface area contributed by atoms with Crippen LogP contribution in [0.2, 0.25) is 0 Å². The molecule has 1 N–H and O–H groups in total. The van der Waals surface area contributed by atoms with Gasteiger partial charge in [0.05, 0.1) is 13.2 Å². The van der Waals surface area contributed by atoms with Gasteiger partial charge in [-0.3, -0.25) is 9.59 Å². The molecule has 1 saturated heterocycles. The first kappa shape index (κ1) is 20.6. The molecule has 8 heteroatoms. The van der Waals surface area contributed by atoms with E-state index in [1.807, 2.05) is 37.3 Å². The van der Waals surface area contributed by atoms with Crippen LogP contribution in [-0.2, 0) is 17.9 Å². The van der Waals surface area contributed by atoms with Gasteiger partial charge >= 0.3 is 0 Å². The lowest BCUT2D eigenvalue weighted by Gasteiger charge is -2.16. The van der Waals surface area contributed by atoms with E-state index in [0.717, 1.165) is 11.3 Å². The highest BCUT2D eigenvalue weighted by Crippen LogP contribution is 2.28. The Bertz CT molecular complexity index is 1050. The van der Waals surface area contributed by atoms with Gasteiger partial charge < -0.3 is 19.5 Å². The lowest BCUT2D eigenvalue weighted by atomic mass is 10.1. The molecule has 1 aliphatic rings. The van der Waals surface area contributed by atoms with Gasteiger partial charge in [-0.2, -0.15) is 4.98 Å². The van der Waals surface area contributed by atoms with E-state index in [4.69, 9.17) is 9.26 Å². The smallest absolute Gasteiger partial charge is 0.251 e. The van der Waals surface area contributed by atoms with Gasteiger partial charge in [0.15, 0.2) is 5.82 Å². The van der Waals surface area contributed by atoms with Crippen LogP contribution in [0.15, 0.2) is 59.1 Å². The predicted octanol–water partition coefficient (Wildman–Crippen LogP) is 2.91. The molecule has 0 saturated carbocycles. The molecule has 1 atom stereocenters. The van der Waals surface area contributed by atoms with Gasteiger partial charge in [0, 0.05) is 31.0 Å². The molecule has 31 heavy (non-hydrogen) atoms. The Kier molecular flexibility index (Phi) is 6.26. The molecule has 1 aromatic heterocycles. The van der Waals surface area contributed by atoms with Crippen LogP contribution >= 0.6 is 0 Å². The molecule has 160 valence electrons.